The van der Waals surface area contributed by atoms with E-state index in [1.807, 2.05) is 0 Å². The summed E-state index contributed by atoms with van der Waals surface area (Å²) in [6.07, 6.45) is -1.53. The first-order valence-electron chi connectivity index (χ1n) is 7.27. The zero-order valence-electron chi connectivity index (χ0n) is 13.7. The van der Waals surface area contributed by atoms with Crippen LogP contribution < -0.4 is 16.4 Å². The zero-order chi connectivity index (χ0) is 20.3. The number of aromatic nitrogens is 2. The van der Waals surface area contributed by atoms with Crippen LogP contribution >= 0.6 is 27.5 Å². The third-order valence-electron chi connectivity index (χ3n) is 3.26. The van der Waals surface area contributed by atoms with Gasteiger partial charge in [-0.3, -0.25) is 14.4 Å². The topological polar surface area (TPSA) is 156 Å². The molecule has 0 aliphatic carbocycles. The quantitative estimate of drug-likeness (QED) is 0.512. The van der Waals surface area contributed by atoms with Crippen LogP contribution in [0.1, 0.15) is 33.9 Å². The lowest BCUT2D eigenvalue weighted by molar-refractivity contribution is -0.128. The van der Waals surface area contributed by atoms with Gasteiger partial charge < -0.3 is 21.5 Å². The number of carboxylic acids is 1. The smallest absolute Gasteiger partial charge is 0.357 e. The van der Waals surface area contributed by atoms with E-state index in [1.165, 1.54) is 12.1 Å². The second kappa shape index (κ2) is 8.18. The average molecular weight is 459 g/mol. The minimum atomic E-state index is -1.53. The monoisotopic (exact) mass is 457 g/mol. The number of benzene rings is 1. The van der Waals surface area contributed by atoms with Gasteiger partial charge in [-0.15, -0.1) is 0 Å². The molecular formula is C15H13BrClN5O5. The first-order chi connectivity index (χ1) is 12.6. The summed E-state index contributed by atoms with van der Waals surface area (Å²) in [6.45, 7) is 1.13. The number of carbonyl (C=O) groups is 4. The highest BCUT2D eigenvalue weighted by atomic mass is 79.9. The van der Waals surface area contributed by atoms with Crippen LogP contribution in [-0.4, -0.2) is 38.6 Å². The molecule has 142 valence electrons. The molecule has 5 N–H and O–H groups in total. The fourth-order valence-corrected chi connectivity index (χ4v) is 2.87. The van der Waals surface area contributed by atoms with E-state index in [0.29, 0.717) is 0 Å². The Morgan fingerprint density at radius 2 is 1.93 bits per heavy atom. The van der Waals surface area contributed by atoms with E-state index in [0.717, 1.165) is 11.6 Å². The van der Waals surface area contributed by atoms with Crippen molar-refractivity contribution in [2.45, 2.75) is 13.1 Å². The molecule has 0 spiro atoms. The average Bonchev–Trinajstić information content (AvgIpc) is 2.89. The second-order valence-electron chi connectivity index (χ2n) is 5.20. The molecule has 3 amide bonds. The molecule has 0 aliphatic heterocycles. The van der Waals surface area contributed by atoms with Gasteiger partial charge in [-0.1, -0.05) is 23.7 Å². The van der Waals surface area contributed by atoms with Gasteiger partial charge in [-0.25, -0.2) is 9.48 Å². The van der Waals surface area contributed by atoms with Gasteiger partial charge in [0, 0.05) is 6.92 Å². The Labute approximate surface area is 165 Å². The Kier molecular flexibility index (Phi) is 6.18. The molecule has 2 aromatic rings. The maximum atomic E-state index is 12.5. The molecule has 2 rings (SSSR count). The van der Waals surface area contributed by atoms with Gasteiger partial charge >= 0.3 is 5.97 Å². The van der Waals surface area contributed by atoms with Crippen molar-refractivity contribution in [1.82, 2.24) is 15.1 Å². The molecule has 1 aromatic carbocycles. The lowest BCUT2D eigenvalue weighted by Gasteiger charge is -2.18. The van der Waals surface area contributed by atoms with Crippen LogP contribution in [0.5, 0.6) is 0 Å². The second-order valence-corrected chi connectivity index (χ2v) is 6.40. The van der Waals surface area contributed by atoms with Gasteiger partial charge in [0.1, 0.15) is 5.82 Å². The first kappa shape index (κ1) is 20.4. The van der Waals surface area contributed by atoms with E-state index in [4.69, 9.17) is 17.3 Å². The predicted octanol–water partition coefficient (Wildman–Crippen LogP) is 1.37. The highest BCUT2D eigenvalue weighted by Gasteiger charge is 2.30. The van der Waals surface area contributed by atoms with Gasteiger partial charge in [-0.2, -0.15) is 5.10 Å². The third kappa shape index (κ3) is 4.44. The van der Waals surface area contributed by atoms with Gasteiger partial charge in [0.2, 0.25) is 12.1 Å². The number of rotatable bonds is 6. The maximum absolute atomic E-state index is 12.5. The lowest BCUT2D eigenvalue weighted by Crippen LogP contribution is -2.41. The Bertz CT molecular complexity index is 945. The molecule has 0 bridgehead atoms. The van der Waals surface area contributed by atoms with E-state index in [2.05, 4.69) is 31.7 Å². The number of hydrogen-bond donors (Lipinski definition) is 4. The standard InChI is InChI=1S/C15H13BrClN5O5/c1-6(23)19-13(11(18)24)22-12(9(16)10(21-22)15(26)27)20-14(25)7-4-2-3-5-8(7)17/h2-5,13H,1H3,(H2,18,24)(H,19,23)(H,20,25)(H,26,27). The Hall–Kier alpha value is -2.92. The number of hydrogen-bond acceptors (Lipinski definition) is 5. The largest absolute Gasteiger partial charge is 0.476 e. The van der Waals surface area contributed by atoms with Crippen molar-refractivity contribution in [3.05, 3.63) is 45.0 Å². The van der Waals surface area contributed by atoms with Crippen molar-refractivity contribution in [2.24, 2.45) is 5.73 Å². The first-order valence-corrected chi connectivity index (χ1v) is 8.44. The minimum Gasteiger partial charge on any atom is -0.476 e. The molecule has 0 radical (unpaired) electrons. The highest BCUT2D eigenvalue weighted by Crippen LogP contribution is 2.30. The lowest BCUT2D eigenvalue weighted by atomic mass is 10.2. The van der Waals surface area contributed by atoms with Gasteiger partial charge in [0.15, 0.2) is 5.69 Å². The molecule has 1 unspecified atom stereocenters. The van der Waals surface area contributed by atoms with Crippen LogP contribution in [0.25, 0.3) is 0 Å². The van der Waals surface area contributed by atoms with Crippen LogP contribution in [0.2, 0.25) is 5.02 Å². The van der Waals surface area contributed by atoms with E-state index in [-0.39, 0.29) is 20.9 Å². The Balaban J connectivity index is 2.55. The number of carboxylic acid groups (broad SMARTS) is 1. The predicted molar refractivity (Wildman–Crippen MR) is 98.3 cm³/mol. The number of nitrogens with zero attached hydrogens (tertiary/aromatic N) is 2. The van der Waals surface area contributed by atoms with E-state index in [1.54, 1.807) is 12.1 Å². The van der Waals surface area contributed by atoms with Crippen LogP contribution in [0.3, 0.4) is 0 Å². The summed E-state index contributed by atoms with van der Waals surface area (Å²) in [4.78, 5) is 47.0. The SMILES string of the molecule is CC(=O)NC(C(N)=O)n1nc(C(=O)O)c(Br)c1NC(=O)c1ccccc1Cl. The number of nitrogens with one attached hydrogen (secondary N) is 2. The van der Waals surface area contributed by atoms with E-state index in [9.17, 15) is 24.3 Å². The summed E-state index contributed by atoms with van der Waals surface area (Å²) in [5.74, 6) is -3.96. The normalized spacial score (nSPS) is 11.5. The fourth-order valence-electron chi connectivity index (χ4n) is 2.12. The number of aromatic carboxylic acids is 1. The number of nitrogens with two attached hydrogens (primary N) is 1. The number of carbonyl (C=O) groups excluding carboxylic acids is 3. The van der Waals surface area contributed by atoms with Crippen LogP contribution in [-0.2, 0) is 9.59 Å². The summed E-state index contributed by atoms with van der Waals surface area (Å²) in [5, 5.41) is 17.8. The highest BCUT2D eigenvalue weighted by molar-refractivity contribution is 9.10. The molecular weight excluding hydrogens is 446 g/mol. The summed E-state index contributed by atoms with van der Waals surface area (Å²) in [5.41, 5.74) is 4.88. The number of anilines is 1. The van der Waals surface area contributed by atoms with Crippen molar-refractivity contribution in [2.75, 3.05) is 5.32 Å². The van der Waals surface area contributed by atoms with Gasteiger partial charge in [0.25, 0.3) is 11.8 Å². The minimum absolute atomic E-state index is 0.103. The summed E-state index contributed by atoms with van der Waals surface area (Å²) in [7, 11) is 0. The molecule has 0 aliphatic rings. The van der Waals surface area contributed by atoms with Crippen LogP contribution in [0.4, 0.5) is 5.82 Å². The van der Waals surface area contributed by atoms with Crippen molar-refractivity contribution < 1.29 is 24.3 Å². The summed E-state index contributed by atoms with van der Waals surface area (Å²) < 4.78 is 0.679. The zero-order valence-corrected chi connectivity index (χ0v) is 16.0. The van der Waals surface area contributed by atoms with Crippen LogP contribution in [0, 0.1) is 0 Å². The van der Waals surface area contributed by atoms with Gasteiger partial charge in [0.05, 0.1) is 15.1 Å². The van der Waals surface area contributed by atoms with Crippen LogP contribution in [0.15, 0.2) is 28.7 Å². The van der Waals surface area contributed by atoms with E-state index < -0.39 is 35.6 Å². The maximum Gasteiger partial charge on any atom is 0.357 e. The van der Waals surface area contributed by atoms with Crippen molar-refractivity contribution in [3.63, 3.8) is 0 Å². The molecule has 1 heterocycles. The van der Waals surface area contributed by atoms with Gasteiger partial charge in [-0.05, 0) is 28.1 Å². The molecule has 0 fully saturated rings. The van der Waals surface area contributed by atoms with Crippen molar-refractivity contribution in [1.29, 1.82) is 0 Å². The molecule has 0 saturated carbocycles. The molecule has 1 aromatic heterocycles. The number of amides is 3. The Morgan fingerprint density at radius 3 is 2.44 bits per heavy atom. The molecule has 1 atom stereocenters. The molecule has 10 nitrogen and oxygen atoms in total. The Morgan fingerprint density at radius 1 is 1.30 bits per heavy atom. The third-order valence-corrected chi connectivity index (χ3v) is 4.34. The van der Waals surface area contributed by atoms with Crippen molar-refractivity contribution >= 4 is 57.0 Å². The van der Waals surface area contributed by atoms with E-state index >= 15 is 0 Å². The van der Waals surface area contributed by atoms with Crippen molar-refractivity contribution in [3.8, 4) is 0 Å². The molecule has 12 heteroatoms. The molecule has 0 saturated heterocycles. The fraction of sp³-hybridized carbons (Fsp3) is 0.133. The number of primary amides is 1. The summed E-state index contributed by atoms with van der Waals surface area (Å²) in [6, 6.07) is 6.15. The molecule has 27 heavy (non-hydrogen) atoms. The summed E-state index contributed by atoms with van der Waals surface area (Å²) >= 11 is 9.01. The number of halogens is 2.